The number of hydrogen-bond donors (Lipinski definition) is 1. The van der Waals surface area contributed by atoms with Crippen LogP contribution in [0.25, 0.3) is 0 Å². The van der Waals surface area contributed by atoms with Gasteiger partial charge in [0.25, 0.3) is 0 Å². The fraction of sp³-hybridized carbons (Fsp3) is 0.286. The number of thioether (sulfide) groups is 1. The van der Waals surface area contributed by atoms with Crippen LogP contribution < -0.4 is 10.1 Å². The van der Waals surface area contributed by atoms with E-state index in [0.29, 0.717) is 11.0 Å². The number of aryl methyl sites for hydroxylation is 2. The molecule has 0 spiro atoms. The lowest BCUT2D eigenvalue weighted by Crippen LogP contribution is -2.15. The van der Waals surface area contributed by atoms with Crippen LogP contribution in [0, 0.1) is 13.8 Å². The molecule has 3 aromatic rings. The highest BCUT2D eigenvalue weighted by atomic mass is 32.2. The molecule has 0 saturated carbocycles. The SMILES string of the molecule is Cc1ccc(NC(=O)CSc2nnc([C@H](C)Oc3ccccc3)n2C)c(C)c1. The number of hydrogen-bond acceptors (Lipinski definition) is 5. The summed E-state index contributed by atoms with van der Waals surface area (Å²) in [7, 11) is 1.88. The number of carbonyl (C=O) groups is 1. The molecule has 2 aromatic carbocycles. The Morgan fingerprint density at radius 2 is 1.93 bits per heavy atom. The van der Waals surface area contributed by atoms with E-state index < -0.39 is 0 Å². The Balaban J connectivity index is 1.58. The summed E-state index contributed by atoms with van der Waals surface area (Å²) in [6.07, 6.45) is -0.252. The maximum Gasteiger partial charge on any atom is 0.234 e. The molecule has 7 heteroatoms. The molecule has 1 heterocycles. The van der Waals surface area contributed by atoms with Crippen LogP contribution in [-0.2, 0) is 11.8 Å². The van der Waals surface area contributed by atoms with E-state index in [1.807, 2.05) is 80.9 Å². The maximum absolute atomic E-state index is 12.3. The van der Waals surface area contributed by atoms with Crippen LogP contribution in [0.2, 0.25) is 0 Å². The molecule has 0 bridgehead atoms. The van der Waals surface area contributed by atoms with Crippen molar-refractivity contribution in [3.63, 3.8) is 0 Å². The van der Waals surface area contributed by atoms with E-state index in [0.717, 1.165) is 17.0 Å². The maximum atomic E-state index is 12.3. The minimum atomic E-state index is -0.252. The van der Waals surface area contributed by atoms with Crippen molar-refractivity contribution in [3.05, 3.63) is 65.5 Å². The van der Waals surface area contributed by atoms with Gasteiger partial charge in [0, 0.05) is 12.7 Å². The average molecular weight is 397 g/mol. The summed E-state index contributed by atoms with van der Waals surface area (Å²) in [5, 5.41) is 12.1. The van der Waals surface area contributed by atoms with Crippen LogP contribution in [0.15, 0.2) is 53.7 Å². The fourth-order valence-corrected chi connectivity index (χ4v) is 3.55. The third-order valence-corrected chi connectivity index (χ3v) is 5.30. The van der Waals surface area contributed by atoms with Crippen molar-refractivity contribution in [1.82, 2.24) is 14.8 Å². The Morgan fingerprint density at radius 3 is 2.64 bits per heavy atom. The van der Waals surface area contributed by atoms with Gasteiger partial charge < -0.3 is 14.6 Å². The van der Waals surface area contributed by atoms with Crippen molar-refractivity contribution in [3.8, 4) is 5.75 Å². The van der Waals surface area contributed by atoms with Gasteiger partial charge in [-0.25, -0.2) is 0 Å². The van der Waals surface area contributed by atoms with Crippen LogP contribution in [0.3, 0.4) is 0 Å². The largest absolute Gasteiger partial charge is 0.483 e. The molecule has 1 aromatic heterocycles. The Hall–Kier alpha value is -2.80. The zero-order chi connectivity index (χ0) is 20.1. The fourth-order valence-electron chi connectivity index (χ4n) is 2.83. The number of anilines is 1. The van der Waals surface area contributed by atoms with E-state index in [-0.39, 0.29) is 17.8 Å². The predicted molar refractivity (Wildman–Crippen MR) is 112 cm³/mol. The number of ether oxygens (including phenoxy) is 1. The van der Waals surface area contributed by atoms with Gasteiger partial charge in [-0.05, 0) is 44.5 Å². The number of rotatable bonds is 7. The van der Waals surface area contributed by atoms with E-state index in [4.69, 9.17) is 4.74 Å². The van der Waals surface area contributed by atoms with Crippen molar-refractivity contribution in [2.24, 2.45) is 7.05 Å². The Labute approximate surface area is 169 Å². The highest BCUT2D eigenvalue weighted by molar-refractivity contribution is 7.99. The van der Waals surface area contributed by atoms with Crippen LogP contribution in [0.5, 0.6) is 5.75 Å². The molecule has 0 saturated heterocycles. The molecule has 0 aliphatic rings. The number of nitrogens with one attached hydrogen (secondary N) is 1. The number of nitrogens with zero attached hydrogens (tertiary/aromatic N) is 3. The molecule has 28 heavy (non-hydrogen) atoms. The van der Waals surface area contributed by atoms with Gasteiger partial charge in [0.15, 0.2) is 17.1 Å². The molecule has 1 atom stereocenters. The van der Waals surface area contributed by atoms with Gasteiger partial charge in [-0.15, -0.1) is 10.2 Å². The first-order chi connectivity index (χ1) is 13.4. The first-order valence-electron chi connectivity index (χ1n) is 9.05. The number of carbonyl (C=O) groups excluding carboxylic acids is 1. The summed E-state index contributed by atoms with van der Waals surface area (Å²) in [6, 6.07) is 15.6. The number of para-hydroxylation sites is 1. The van der Waals surface area contributed by atoms with Crippen molar-refractivity contribution in [2.75, 3.05) is 11.1 Å². The summed E-state index contributed by atoms with van der Waals surface area (Å²) >= 11 is 1.35. The van der Waals surface area contributed by atoms with Gasteiger partial charge in [0.05, 0.1) is 5.75 Å². The summed E-state index contributed by atoms with van der Waals surface area (Å²) in [6.45, 7) is 5.94. The molecule has 0 aliphatic heterocycles. The van der Waals surface area contributed by atoms with E-state index in [1.54, 1.807) is 0 Å². The zero-order valence-corrected chi connectivity index (χ0v) is 17.3. The second kappa shape index (κ2) is 8.93. The van der Waals surface area contributed by atoms with Gasteiger partial charge in [0.1, 0.15) is 5.75 Å². The predicted octanol–water partition coefficient (Wildman–Crippen LogP) is 4.30. The molecule has 3 rings (SSSR count). The average Bonchev–Trinajstić information content (AvgIpc) is 3.04. The summed E-state index contributed by atoms with van der Waals surface area (Å²) in [5.41, 5.74) is 3.05. The normalized spacial score (nSPS) is 11.9. The summed E-state index contributed by atoms with van der Waals surface area (Å²) < 4.78 is 7.77. The molecule has 1 amide bonds. The lowest BCUT2D eigenvalue weighted by atomic mass is 10.1. The minimum absolute atomic E-state index is 0.0740. The smallest absolute Gasteiger partial charge is 0.234 e. The van der Waals surface area contributed by atoms with Gasteiger partial charge in [-0.1, -0.05) is 47.7 Å². The van der Waals surface area contributed by atoms with E-state index in [9.17, 15) is 4.79 Å². The second-order valence-electron chi connectivity index (χ2n) is 6.63. The molecular weight excluding hydrogens is 372 g/mol. The molecular formula is C21H24N4O2S. The van der Waals surface area contributed by atoms with Gasteiger partial charge >= 0.3 is 0 Å². The second-order valence-corrected chi connectivity index (χ2v) is 7.57. The van der Waals surface area contributed by atoms with Crippen LogP contribution in [0.1, 0.15) is 30.0 Å². The molecule has 6 nitrogen and oxygen atoms in total. The number of amides is 1. The molecule has 1 N–H and O–H groups in total. The molecule has 146 valence electrons. The standard InChI is InChI=1S/C21H24N4O2S/c1-14-10-11-18(15(2)12-14)22-19(26)13-28-21-24-23-20(25(21)4)16(3)27-17-8-6-5-7-9-17/h5-12,16H,13H2,1-4H3,(H,22,26)/t16-/m0/s1. The quantitative estimate of drug-likeness (QED) is 0.603. The minimum Gasteiger partial charge on any atom is -0.483 e. The van der Waals surface area contributed by atoms with Crippen LogP contribution in [-0.4, -0.2) is 26.4 Å². The molecule has 0 fully saturated rings. The zero-order valence-electron chi connectivity index (χ0n) is 16.5. The van der Waals surface area contributed by atoms with Gasteiger partial charge in [-0.3, -0.25) is 4.79 Å². The summed E-state index contributed by atoms with van der Waals surface area (Å²) in [4.78, 5) is 12.3. The van der Waals surface area contributed by atoms with Crippen molar-refractivity contribution < 1.29 is 9.53 Å². The molecule has 0 unspecified atom stereocenters. The molecule has 0 radical (unpaired) electrons. The monoisotopic (exact) mass is 396 g/mol. The number of benzene rings is 2. The third-order valence-electron chi connectivity index (χ3n) is 4.28. The topological polar surface area (TPSA) is 69.0 Å². The van der Waals surface area contributed by atoms with Crippen LogP contribution >= 0.6 is 11.8 Å². The third kappa shape index (κ3) is 4.92. The Bertz CT molecular complexity index is 956. The van der Waals surface area contributed by atoms with E-state index >= 15 is 0 Å². The lowest BCUT2D eigenvalue weighted by molar-refractivity contribution is -0.113. The first-order valence-corrected chi connectivity index (χ1v) is 10.0. The van der Waals surface area contributed by atoms with E-state index in [1.165, 1.54) is 17.3 Å². The first kappa shape index (κ1) is 19.9. The van der Waals surface area contributed by atoms with Crippen molar-refractivity contribution >= 4 is 23.4 Å². The summed E-state index contributed by atoms with van der Waals surface area (Å²) in [5.74, 6) is 1.67. The van der Waals surface area contributed by atoms with Crippen molar-refractivity contribution in [1.29, 1.82) is 0 Å². The van der Waals surface area contributed by atoms with Gasteiger partial charge in [0.2, 0.25) is 5.91 Å². The van der Waals surface area contributed by atoms with Crippen LogP contribution in [0.4, 0.5) is 5.69 Å². The lowest BCUT2D eigenvalue weighted by Gasteiger charge is -2.14. The Kier molecular flexibility index (Phi) is 6.36. The Morgan fingerprint density at radius 1 is 1.18 bits per heavy atom. The molecule has 0 aliphatic carbocycles. The highest BCUT2D eigenvalue weighted by Gasteiger charge is 2.18. The van der Waals surface area contributed by atoms with Gasteiger partial charge in [-0.2, -0.15) is 0 Å². The van der Waals surface area contributed by atoms with E-state index in [2.05, 4.69) is 15.5 Å². The highest BCUT2D eigenvalue weighted by Crippen LogP contribution is 2.24. The van der Waals surface area contributed by atoms with Crippen molar-refractivity contribution in [2.45, 2.75) is 32.0 Å². The number of aromatic nitrogens is 3.